The highest BCUT2D eigenvalue weighted by atomic mass is 16.5. The quantitative estimate of drug-likeness (QED) is 0.262. The Labute approximate surface area is 215 Å². The van der Waals surface area contributed by atoms with Gasteiger partial charge in [0.2, 0.25) is 5.41 Å². The lowest BCUT2D eigenvalue weighted by Crippen LogP contribution is -2.81. The molecule has 1 fully saturated rings. The maximum atomic E-state index is 14.1. The van der Waals surface area contributed by atoms with Crippen LogP contribution in [0.15, 0.2) is 84.9 Å². The Morgan fingerprint density at radius 1 is 0.730 bits per heavy atom. The molecule has 8 nitrogen and oxygen atoms in total. The molecule has 3 aromatic carbocycles. The molecule has 8 heteroatoms. The van der Waals surface area contributed by atoms with Crippen molar-refractivity contribution < 1.29 is 33.3 Å². The van der Waals surface area contributed by atoms with Crippen molar-refractivity contribution in [3.63, 3.8) is 0 Å². The van der Waals surface area contributed by atoms with E-state index in [0.29, 0.717) is 22.7 Å². The molecule has 3 aromatic rings. The third-order valence-electron chi connectivity index (χ3n) is 6.60. The predicted molar refractivity (Wildman–Crippen MR) is 137 cm³/mol. The Hall–Kier alpha value is -4.59. The zero-order chi connectivity index (χ0) is 26.6. The number of rotatable bonds is 8. The van der Waals surface area contributed by atoms with Gasteiger partial charge in [-0.1, -0.05) is 54.6 Å². The standard InChI is InChI=1S/C29H27NO7/c1-34-23-14-10-21(11-15-23)29(27(33)37-4)28(26(32)36-3,19-18-20-8-6-5-7-9-20)25(31)30(29)22-12-16-24(35-2)17-13-22/h5-19H,1-4H3/b19-18+/t28-,29-/m1/s1. The number of carbonyl (C=O) groups is 3. The number of benzene rings is 3. The average molecular weight is 502 g/mol. The number of nitrogens with zero attached hydrogens (tertiary/aromatic N) is 1. The van der Waals surface area contributed by atoms with Gasteiger partial charge in [-0.3, -0.25) is 14.5 Å². The zero-order valence-electron chi connectivity index (χ0n) is 21.0. The lowest BCUT2D eigenvalue weighted by molar-refractivity contribution is -0.180. The third kappa shape index (κ3) is 3.81. The van der Waals surface area contributed by atoms with Crippen LogP contribution in [0.4, 0.5) is 5.69 Å². The van der Waals surface area contributed by atoms with E-state index in [1.807, 2.05) is 30.3 Å². The first-order valence-corrected chi connectivity index (χ1v) is 11.4. The molecule has 0 aromatic heterocycles. The van der Waals surface area contributed by atoms with Crippen molar-refractivity contribution in [2.45, 2.75) is 5.54 Å². The minimum absolute atomic E-state index is 0.346. The van der Waals surface area contributed by atoms with Gasteiger partial charge in [0.25, 0.3) is 5.91 Å². The second-order valence-electron chi connectivity index (χ2n) is 8.31. The Balaban J connectivity index is 2.04. The molecule has 0 bridgehead atoms. The van der Waals surface area contributed by atoms with Crippen molar-refractivity contribution in [3.8, 4) is 11.5 Å². The SMILES string of the molecule is COC(=O)[C@@]1(/C=C/c2ccccc2)C(=O)N(c2ccc(OC)cc2)[C@@]1(C(=O)OC)c1ccc(OC)cc1. The summed E-state index contributed by atoms with van der Waals surface area (Å²) in [6, 6.07) is 22.3. The van der Waals surface area contributed by atoms with Crippen LogP contribution in [-0.2, 0) is 29.4 Å². The summed E-state index contributed by atoms with van der Waals surface area (Å²) in [5.74, 6) is -1.24. The zero-order valence-corrected chi connectivity index (χ0v) is 21.0. The van der Waals surface area contributed by atoms with Crippen LogP contribution < -0.4 is 14.4 Å². The number of amides is 1. The summed E-state index contributed by atoms with van der Waals surface area (Å²) in [6.07, 6.45) is 3.05. The van der Waals surface area contributed by atoms with Gasteiger partial charge in [-0.15, -0.1) is 0 Å². The van der Waals surface area contributed by atoms with E-state index in [9.17, 15) is 14.4 Å². The van der Waals surface area contributed by atoms with Gasteiger partial charge in [-0.2, -0.15) is 0 Å². The highest BCUT2D eigenvalue weighted by Gasteiger charge is 2.80. The van der Waals surface area contributed by atoms with Gasteiger partial charge in [-0.25, -0.2) is 4.79 Å². The lowest BCUT2D eigenvalue weighted by Gasteiger charge is -2.59. The Morgan fingerprint density at radius 2 is 1.27 bits per heavy atom. The van der Waals surface area contributed by atoms with E-state index < -0.39 is 28.8 Å². The second-order valence-corrected chi connectivity index (χ2v) is 8.31. The average Bonchev–Trinajstić information content (AvgIpc) is 2.96. The monoisotopic (exact) mass is 501 g/mol. The summed E-state index contributed by atoms with van der Waals surface area (Å²) in [6.45, 7) is 0. The van der Waals surface area contributed by atoms with E-state index in [1.54, 1.807) is 54.6 Å². The summed E-state index contributed by atoms with van der Waals surface area (Å²) in [4.78, 5) is 42.8. The Kier molecular flexibility index (Phi) is 7.02. The molecule has 0 saturated carbocycles. The lowest BCUT2D eigenvalue weighted by atomic mass is 9.56. The summed E-state index contributed by atoms with van der Waals surface area (Å²) < 4.78 is 21.0. The molecule has 1 amide bonds. The number of anilines is 1. The van der Waals surface area contributed by atoms with Gasteiger partial charge < -0.3 is 18.9 Å². The third-order valence-corrected chi connectivity index (χ3v) is 6.60. The fourth-order valence-electron chi connectivity index (χ4n) is 4.80. The van der Waals surface area contributed by atoms with Crippen molar-refractivity contribution in [2.24, 2.45) is 5.41 Å². The van der Waals surface area contributed by atoms with Gasteiger partial charge in [0.1, 0.15) is 11.5 Å². The highest BCUT2D eigenvalue weighted by Crippen LogP contribution is 2.59. The molecule has 0 aliphatic carbocycles. The smallest absolute Gasteiger partial charge is 0.339 e. The van der Waals surface area contributed by atoms with Crippen LogP contribution >= 0.6 is 0 Å². The van der Waals surface area contributed by atoms with Crippen LogP contribution in [0.25, 0.3) is 6.08 Å². The van der Waals surface area contributed by atoms with Crippen LogP contribution in [0.3, 0.4) is 0 Å². The van der Waals surface area contributed by atoms with Crippen LogP contribution in [0, 0.1) is 5.41 Å². The van der Waals surface area contributed by atoms with Crippen molar-refractivity contribution in [1.29, 1.82) is 0 Å². The van der Waals surface area contributed by atoms with Gasteiger partial charge in [0.15, 0.2) is 5.54 Å². The molecule has 37 heavy (non-hydrogen) atoms. The van der Waals surface area contributed by atoms with Crippen LogP contribution in [0.1, 0.15) is 11.1 Å². The molecule has 0 spiro atoms. The molecule has 4 rings (SSSR count). The molecule has 1 heterocycles. The van der Waals surface area contributed by atoms with Crippen molar-refractivity contribution >= 4 is 29.6 Å². The summed E-state index contributed by atoms with van der Waals surface area (Å²) >= 11 is 0. The molecule has 0 unspecified atom stereocenters. The predicted octanol–water partition coefficient (Wildman–Crippen LogP) is 3.99. The largest absolute Gasteiger partial charge is 0.497 e. The van der Waals surface area contributed by atoms with Crippen molar-refractivity contribution in [2.75, 3.05) is 33.3 Å². The first-order valence-electron chi connectivity index (χ1n) is 11.4. The number of hydrogen-bond acceptors (Lipinski definition) is 7. The number of esters is 2. The molecule has 2 atom stereocenters. The van der Waals surface area contributed by atoms with E-state index >= 15 is 0 Å². The Morgan fingerprint density at radius 3 is 1.78 bits per heavy atom. The molecule has 190 valence electrons. The summed E-state index contributed by atoms with van der Waals surface area (Å²) in [5, 5.41) is 0. The maximum Gasteiger partial charge on any atom is 0.339 e. The van der Waals surface area contributed by atoms with Gasteiger partial charge >= 0.3 is 11.9 Å². The maximum absolute atomic E-state index is 14.1. The molecular weight excluding hydrogens is 474 g/mol. The van der Waals surface area contributed by atoms with E-state index in [0.717, 1.165) is 5.56 Å². The number of hydrogen-bond donors (Lipinski definition) is 0. The van der Waals surface area contributed by atoms with Gasteiger partial charge in [0, 0.05) is 5.69 Å². The summed E-state index contributed by atoms with van der Waals surface area (Å²) in [5.41, 5.74) is -2.52. The van der Waals surface area contributed by atoms with Crippen LogP contribution in [0.5, 0.6) is 11.5 Å². The molecule has 1 aliphatic heterocycles. The molecule has 1 saturated heterocycles. The van der Waals surface area contributed by atoms with Crippen molar-refractivity contribution in [3.05, 3.63) is 96.1 Å². The summed E-state index contributed by atoms with van der Waals surface area (Å²) in [7, 11) is 5.44. The molecular formula is C29H27NO7. The highest BCUT2D eigenvalue weighted by molar-refractivity contribution is 6.27. The fourth-order valence-corrected chi connectivity index (χ4v) is 4.80. The minimum Gasteiger partial charge on any atom is -0.497 e. The first kappa shape index (κ1) is 25.5. The van der Waals surface area contributed by atoms with Crippen LogP contribution in [0.2, 0.25) is 0 Å². The van der Waals surface area contributed by atoms with Crippen molar-refractivity contribution in [1.82, 2.24) is 0 Å². The Bertz CT molecular complexity index is 1320. The van der Waals surface area contributed by atoms with E-state index in [4.69, 9.17) is 18.9 Å². The number of methoxy groups -OCH3 is 4. The van der Waals surface area contributed by atoms with Crippen LogP contribution in [-0.4, -0.2) is 46.3 Å². The van der Waals surface area contributed by atoms with E-state index in [-0.39, 0.29) is 0 Å². The van der Waals surface area contributed by atoms with E-state index in [1.165, 1.54) is 39.4 Å². The topological polar surface area (TPSA) is 91.4 Å². The normalized spacial score (nSPS) is 20.8. The minimum atomic E-state index is -2.06. The number of β-lactam (4-membered cyclic amide) rings is 1. The second kappa shape index (κ2) is 10.2. The fraction of sp³-hybridized carbons (Fsp3) is 0.207. The number of carbonyl (C=O) groups excluding carboxylic acids is 3. The van der Waals surface area contributed by atoms with Gasteiger partial charge in [-0.05, 0) is 47.5 Å². The molecule has 1 aliphatic rings. The van der Waals surface area contributed by atoms with E-state index in [2.05, 4.69) is 0 Å². The van der Waals surface area contributed by atoms with Gasteiger partial charge in [0.05, 0.1) is 28.4 Å². The first-order chi connectivity index (χ1) is 17.9. The number of ether oxygens (including phenoxy) is 4. The molecule has 0 N–H and O–H groups in total. The molecule has 0 radical (unpaired) electrons.